The van der Waals surface area contributed by atoms with Crippen molar-refractivity contribution in [2.75, 3.05) is 0 Å². The number of fused-ring (bicyclic) bond motifs is 7. The fraction of sp³-hybridized carbons (Fsp3) is 0.0357. The van der Waals surface area contributed by atoms with Gasteiger partial charge in [-0.05, 0) is 90.7 Å². The zero-order valence-electron chi connectivity index (χ0n) is 34.4. The molecular weight excluding hydrogens is 773 g/mol. The Hall–Kier alpha value is -8.42. The van der Waals surface area contributed by atoms with Crippen LogP contribution < -0.4 is 0 Å². The van der Waals surface area contributed by atoms with Crippen LogP contribution in [0.4, 0.5) is 0 Å². The van der Waals surface area contributed by atoms with Gasteiger partial charge in [0.05, 0.1) is 22.1 Å². The number of hydrogen-bond acceptors (Lipinski definition) is 5. The average molecular weight is 811 g/mol. The summed E-state index contributed by atoms with van der Waals surface area (Å²) in [5, 5.41) is 5.71. The number of aromatic nitrogens is 6. The highest BCUT2D eigenvalue weighted by atomic mass is 16.3. The summed E-state index contributed by atoms with van der Waals surface area (Å²) in [7, 11) is 0. The minimum Gasteiger partial charge on any atom is -0.456 e. The van der Waals surface area contributed by atoms with E-state index in [1.165, 1.54) is 27.4 Å². The number of hydrogen-bond donors (Lipinski definition) is 0. The van der Waals surface area contributed by atoms with Crippen molar-refractivity contribution in [3.05, 3.63) is 211 Å². The topological polar surface area (TPSA) is 74.6 Å². The van der Waals surface area contributed by atoms with Crippen LogP contribution in [0.2, 0.25) is 0 Å². The molecule has 0 spiro atoms. The molecule has 0 unspecified atom stereocenters. The van der Waals surface area contributed by atoms with Crippen LogP contribution in [0.5, 0.6) is 0 Å². The molecule has 0 saturated heterocycles. The Kier molecular flexibility index (Phi) is 8.64. The summed E-state index contributed by atoms with van der Waals surface area (Å²) in [6.45, 7) is 2.16. The lowest BCUT2D eigenvalue weighted by Gasteiger charge is -2.11. The van der Waals surface area contributed by atoms with Gasteiger partial charge in [-0.15, -0.1) is 0 Å². The molecule has 0 N–H and O–H groups in total. The number of benzene rings is 7. The second-order valence-electron chi connectivity index (χ2n) is 15.9. The van der Waals surface area contributed by atoms with Crippen molar-refractivity contribution in [2.45, 2.75) is 13.3 Å². The van der Waals surface area contributed by atoms with Gasteiger partial charge in [0.25, 0.3) is 0 Å². The lowest BCUT2D eigenvalue weighted by Crippen LogP contribution is -2.06. The number of para-hydroxylation sites is 2. The second kappa shape index (κ2) is 14.9. The van der Waals surface area contributed by atoms with Crippen LogP contribution >= 0.6 is 0 Å². The van der Waals surface area contributed by atoms with Gasteiger partial charge >= 0.3 is 0 Å². The standard InChI is InChI=1S/C56H38N6O/c1-36-51(63-52-26-14-23-42(53(36)52)40-28-30-48-45(34-40)43-22-11-12-24-47(43)61(48)41-20-9-4-10-21-41)25-13-15-37-27-29-49-44(33-37)46-35-57-32-31-50(46)62(49)56-59-54(38-16-5-2-6-17-38)58-55(60-56)39-18-7-3-8-19-39/h2-14,16-35H,15H2,1H3/b25-13-. The van der Waals surface area contributed by atoms with Gasteiger partial charge in [0.15, 0.2) is 11.6 Å². The van der Waals surface area contributed by atoms with Crippen molar-refractivity contribution in [1.82, 2.24) is 29.1 Å². The molecule has 7 aromatic carbocycles. The lowest BCUT2D eigenvalue weighted by atomic mass is 9.97. The summed E-state index contributed by atoms with van der Waals surface area (Å²) in [6, 6.07) is 61.2. The van der Waals surface area contributed by atoms with Crippen LogP contribution in [0.15, 0.2) is 199 Å². The molecule has 12 rings (SSSR count). The Morgan fingerprint density at radius 2 is 1.17 bits per heavy atom. The fourth-order valence-corrected chi connectivity index (χ4v) is 9.17. The molecule has 7 heteroatoms. The van der Waals surface area contributed by atoms with Gasteiger partial charge in [-0.1, -0.05) is 127 Å². The Morgan fingerprint density at radius 1 is 0.524 bits per heavy atom. The van der Waals surface area contributed by atoms with E-state index < -0.39 is 0 Å². The molecule has 0 fully saturated rings. The van der Waals surface area contributed by atoms with Gasteiger partial charge in [0.2, 0.25) is 5.95 Å². The molecule has 0 aliphatic heterocycles. The summed E-state index contributed by atoms with van der Waals surface area (Å²) in [4.78, 5) is 19.6. The molecule has 0 bridgehead atoms. The molecule has 63 heavy (non-hydrogen) atoms. The van der Waals surface area contributed by atoms with E-state index >= 15 is 0 Å². The van der Waals surface area contributed by atoms with E-state index in [0.717, 1.165) is 78.5 Å². The van der Waals surface area contributed by atoms with E-state index in [0.29, 0.717) is 17.6 Å². The van der Waals surface area contributed by atoms with Crippen molar-refractivity contribution in [1.29, 1.82) is 0 Å². The maximum atomic E-state index is 6.56. The summed E-state index contributed by atoms with van der Waals surface area (Å²) in [5.41, 5.74) is 12.9. The van der Waals surface area contributed by atoms with Crippen LogP contribution in [-0.2, 0) is 6.42 Å². The maximum Gasteiger partial charge on any atom is 0.238 e. The predicted octanol–water partition coefficient (Wildman–Crippen LogP) is 13.8. The third-order valence-corrected chi connectivity index (χ3v) is 12.1. The van der Waals surface area contributed by atoms with Gasteiger partial charge in [0, 0.05) is 61.7 Å². The van der Waals surface area contributed by atoms with Crippen molar-refractivity contribution in [2.24, 2.45) is 0 Å². The first-order chi connectivity index (χ1) is 31.2. The second-order valence-corrected chi connectivity index (χ2v) is 15.9. The van der Waals surface area contributed by atoms with Crippen LogP contribution in [-0.4, -0.2) is 29.1 Å². The monoisotopic (exact) mass is 810 g/mol. The average Bonchev–Trinajstić information content (AvgIpc) is 3.98. The molecule has 0 amide bonds. The molecule has 5 heterocycles. The molecule has 0 saturated carbocycles. The van der Waals surface area contributed by atoms with E-state index in [1.54, 1.807) is 0 Å². The quantitative estimate of drug-likeness (QED) is 0.153. The van der Waals surface area contributed by atoms with Crippen LogP contribution in [0, 0.1) is 6.92 Å². The minimum absolute atomic E-state index is 0.556. The molecule has 5 aromatic heterocycles. The van der Waals surface area contributed by atoms with Crippen molar-refractivity contribution in [3.8, 4) is 45.5 Å². The third kappa shape index (κ3) is 6.20. The maximum absolute atomic E-state index is 6.56. The minimum atomic E-state index is 0.556. The van der Waals surface area contributed by atoms with Crippen molar-refractivity contribution in [3.63, 3.8) is 0 Å². The molecule has 7 nitrogen and oxygen atoms in total. The Bertz CT molecular complexity index is 3660. The lowest BCUT2D eigenvalue weighted by molar-refractivity contribution is 0.601. The first kappa shape index (κ1) is 36.4. The van der Waals surface area contributed by atoms with Gasteiger partial charge in [-0.3, -0.25) is 9.55 Å². The Labute approximate surface area is 362 Å². The van der Waals surface area contributed by atoms with Crippen LogP contribution in [0.3, 0.4) is 0 Å². The van der Waals surface area contributed by atoms with Crippen LogP contribution in [0.1, 0.15) is 16.9 Å². The highest BCUT2D eigenvalue weighted by Crippen LogP contribution is 2.40. The smallest absolute Gasteiger partial charge is 0.238 e. The number of aryl methyl sites for hydroxylation is 1. The van der Waals surface area contributed by atoms with E-state index in [4.69, 9.17) is 19.4 Å². The number of nitrogens with zero attached hydrogens (tertiary/aromatic N) is 6. The first-order valence-electron chi connectivity index (χ1n) is 21.2. The molecule has 0 aliphatic carbocycles. The summed E-state index contributed by atoms with van der Waals surface area (Å²) in [6.07, 6.45) is 8.78. The zero-order chi connectivity index (χ0) is 41.9. The van der Waals surface area contributed by atoms with Gasteiger partial charge in [0.1, 0.15) is 11.3 Å². The van der Waals surface area contributed by atoms with E-state index in [1.807, 2.05) is 79.1 Å². The SMILES string of the molecule is Cc1c(/C=C\Cc2ccc3c(c2)c2cnccc2n3-c2nc(-c3ccccc3)nc(-c3ccccc3)n2)oc2cccc(-c3ccc4c(c3)c3ccccc3n4-c3ccccc3)c12. The van der Waals surface area contributed by atoms with Gasteiger partial charge < -0.3 is 8.98 Å². The summed E-state index contributed by atoms with van der Waals surface area (Å²) in [5.74, 6) is 2.65. The van der Waals surface area contributed by atoms with E-state index in [9.17, 15) is 0 Å². The largest absolute Gasteiger partial charge is 0.456 e. The van der Waals surface area contributed by atoms with Gasteiger partial charge in [-0.25, -0.2) is 4.98 Å². The Morgan fingerprint density at radius 3 is 1.95 bits per heavy atom. The van der Waals surface area contributed by atoms with E-state index in [-0.39, 0.29) is 0 Å². The van der Waals surface area contributed by atoms with Gasteiger partial charge in [-0.2, -0.15) is 9.97 Å². The number of rotatable bonds is 8. The molecular formula is C56H38N6O. The highest BCUT2D eigenvalue weighted by molar-refractivity contribution is 6.12. The summed E-state index contributed by atoms with van der Waals surface area (Å²) < 4.78 is 11.0. The first-order valence-corrected chi connectivity index (χ1v) is 21.2. The highest BCUT2D eigenvalue weighted by Gasteiger charge is 2.20. The third-order valence-electron chi connectivity index (χ3n) is 12.1. The van der Waals surface area contributed by atoms with E-state index in [2.05, 4.69) is 142 Å². The number of allylic oxidation sites excluding steroid dienone is 1. The molecule has 0 atom stereocenters. The normalized spacial score (nSPS) is 11.9. The molecule has 0 aliphatic rings. The summed E-state index contributed by atoms with van der Waals surface area (Å²) >= 11 is 0. The molecule has 12 aromatic rings. The fourth-order valence-electron chi connectivity index (χ4n) is 9.17. The molecule has 0 radical (unpaired) electrons. The van der Waals surface area contributed by atoms with Crippen molar-refractivity contribution < 1.29 is 4.42 Å². The number of furan rings is 1. The molecule has 298 valence electrons. The van der Waals surface area contributed by atoms with Crippen LogP contribution in [0.25, 0.3) is 106 Å². The van der Waals surface area contributed by atoms with Crippen molar-refractivity contribution >= 4 is 60.7 Å². The zero-order valence-corrected chi connectivity index (χ0v) is 34.4. The Balaban J connectivity index is 0.893. The predicted molar refractivity (Wildman–Crippen MR) is 256 cm³/mol. The number of pyridine rings is 1.